The summed E-state index contributed by atoms with van der Waals surface area (Å²) in [4.78, 5) is 2.74. The number of thioether (sulfide) groups is 2. The predicted octanol–water partition coefficient (Wildman–Crippen LogP) is 1.72. The molecule has 5 rings (SSSR count). The molecule has 2 unspecified atom stereocenters. The summed E-state index contributed by atoms with van der Waals surface area (Å²) in [7, 11) is 0. The van der Waals surface area contributed by atoms with E-state index in [1.54, 1.807) is 5.01 Å². The van der Waals surface area contributed by atoms with Gasteiger partial charge in [0, 0.05) is 49.5 Å². The zero-order chi connectivity index (χ0) is 16.7. The van der Waals surface area contributed by atoms with E-state index in [1.165, 1.54) is 62.6 Å². The predicted molar refractivity (Wildman–Crippen MR) is 108 cm³/mol. The summed E-state index contributed by atoms with van der Waals surface area (Å²) in [6.45, 7) is 7.56. The molecule has 2 bridgehead atoms. The van der Waals surface area contributed by atoms with E-state index in [0.717, 1.165) is 24.3 Å². The topological polar surface area (TPSA) is 19.7 Å². The van der Waals surface area contributed by atoms with Crippen LogP contribution >= 0.6 is 23.5 Å². The fourth-order valence-electron chi connectivity index (χ4n) is 5.02. The van der Waals surface area contributed by atoms with Gasteiger partial charge in [-0.25, -0.2) is 0 Å². The number of benzene rings is 1. The monoisotopic (exact) mass is 376 g/mol. The van der Waals surface area contributed by atoms with Crippen LogP contribution in [-0.4, -0.2) is 53.2 Å². The van der Waals surface area contributed by atoms with Crippen LogP contribution in [0.5, 0.6) is 0 Å². The molecule has 5 heteroatoms. The van der Waals surface area contributed by atoms with Gasteiger partial charge in [0.25, 0.3) is 0 Å². The normalized spacial score (nSPS) is 34.5. The van der Waals surface area contributed by atoms with E-state index in [9.17, 15) is 0 Å². The third-order valence-corrected chi connectivity index (χ3v) is 10.4. The zero-order valence-corrected chi connectivity index (χ0v) is 16.6. The Morgan fingerprint density at radius 2 is 1.72 bits per heavy atom. The van der Waals surface area contributed by atoms with Gasteiger partial charge in [-0.3, -0.25) is 9.91 Å². The lowest BCUT2D eigenvalue weighted by atomic mass is 9.83. The molecule has 2 atom stereocenters. The van der Waals surface area contributed by atoms with E-state index >= 15 is 0 Å². The molecule has 3 aliphatic heterocycles. The number of piperidine rings is 2. The summed E-state index contributed by atoms with van der Waals surface area (Å²) >= 11 is 4.60. The minimum absolute atomic E-state index is 0.526. The highest BCUT2D eigenvalue weighted by Gasteiger charge is 2.58. The number of rotatable bonds is 5. The SMILES string of the molecule is c1ccc(CN2CC3C[NH+](NCC4CC4)CC(C2)C32SCCS2)cc1. The van der Waals surface area contributed by atoms with Crippen LogP contribution in [-0.2, 0) is 6.54 Å². The Morgan fingerprint density at radius 3 is 2.36 bits per heavy atom. The average Bonchev–Trinajstić information content (AvgIpc) is 3.32. The molecule has 0 radical (unpaired) electrons. The summed E-state index contributed by atoms with van der Waals surface area (Å²) in [5, 5.41) is 1.68. The highest BCUT2D eigenvalue weighted by molar-refractivity contribution is 8.21. The largest absolute Gasteiger partial charge is 0.298 e. The van der Waals surface area contributed by atoms with E-state index in [0.29, 0.717) is 4.08 Å². The van der Waals surface area contributed by atoms with Crippen LogP contribution in [0.25, 0.3) is 0 Å². The van der Waals surface area contributed by atoms with Gasteiger partial charge in [0.05, 0.1) is 4.08 Å². The molecule has 1 aromatic rings. The van der Waals surface area contributed by atoms with Gasteiger partial charge in [-0.1, -0.05) is 30.3 Å². The molecular formula is C20H30N3S2+. The van der Waals surface area contributed by atoms with Gasteiger partial charge in [-0.2, -0.15) is 5.43 Å². The minimum atomic E-state index is 0.526. The van der Waals surface area contributed by atoms with E-state index in [-0.39, 0.29) is 0 Å². The van der Waals surface area contributed by atoms with Gasteiger partial charge >= 0.3 is 0 Å². The molecule has 4 aliphatic rings. The van der Waals surface area contributed by atoms with Gasteiger partial charge in [-0.15, -0.1) is 23.5 Å². The summed E-state index contributed by atoms with van der Waals surface area (Å²) in [5.74, 6) is 5.35. The third-order valence-electron chi connectivity index (χ3n) is 6.41. The first-order valence-electron chi connectivity index (χ1n) is 9.94. The molecule has 25 heavy (non-hydrogen) atoms. The van der Waals surface area contributed by atoms with E-state index in [1.807, 2.05) is 0 Å². The Labute approximate surface area is 160 Å². The van der Waals surface area contributed by atoms with Crippen molar-refractivity contribution in [3.63, 3.8) is 0 Å². The summed E-state index contributed by atoms with van der Waals surface area (Å²) in [6, 6.07) is 11.1. The minimum Gasteiger partial charge on any atom is -0.298 e. The van der Waals surface area contributed by atoms with Crippen molar-refractivity contribution in [3.8, 4) is 0 Å². The van der Waals surface area contributed by atoms with Crippen LogP contribution in [0.15, 0.2) is 30.3 Å². The molecule has 1 aliphatic carbocycles. The molecule has 1 spiro atoms. The van der Waals surface area contributed by atoms with Gasteiger partial charge in [0.15, 0.2) is 0 Å². The molecule has 1 saturated carbocycles. The van der Waals surface area contributed by atoms with E-state index in [2.05, 4.69) is 64.2 Å². The first-order chi connectivity index (χ1) is 12.3. The molecule has 0 amide bonds. The van der Waals surface area contributed by atoms with Crippen LogP contribution in [0.4, 0.5) is 0 Å². The van der Waals surface area contributed by atoms with Gasteiger partial charge < -0.3 is 0 Å². The van der Waals surface area contributed by atoms with Crippen molar-refractivity contribution in [3.05, 3.63) is 35.9 Å². The Morgan fingerprint density at radius 1 is 1.04 bits per heavy atom. The van der Waals surface area contributed by atoms with Crippen LogP contribution in [0.3, 0.4) is 0 Å². The van der Waals surface area contributed by atoms with Crippen molar-refractivity contribution in [1.29, 1.82) is 0 Å². The Balaban J connectivity index is 1.29. The summed E-state index contributed by atoms with van der Waals surface area (Å²) in [6.07, 6.45) is 2.90. The maximum Gasteiger partial charge on any atom is 0.101 e. The summed E-state index contributed by atoms with van der Waals surface area (Å²) < 4.78 is 0.526. The van der Waals surface area contributed by atoms with Crippen molar-refractivity contribution in [2.24, 2.45) is 17.8 Å². The number of nitrogens with one attached hydrogen (secondary N) is 2. The second-order valence-electron chi connectivity index (χ2n) is 8.33. The van der Waals surface area contributed by atoms with Crippen LogP contribution in [0.1, 0.15) is 18.4 Å². The standard InChI is InChI=1S/C20H29N3S2/c1-2-4-17(5-3-1)11-22-12-18-14-23(21-10-16-6-7-16)15-19(13-22)20(18)24-8-9-25-20/h1-5,16,18-19,21H,6-15H2/p+1. The van der Waals surface area contributed by atoms with Gasteiger partial charge in [0.2, 0.25) is 0 Å². The Bertz CT molecular complexity index is 568. The molecule has 0 aromatic heterocycles. The maximum absolute atomic E-state index is 3.86. The fourth-order valence-corrected chi connectivity index (χ4v) is 8.73. The molecule has 3 saturated heterocycles. The number of hydrogen-bond acceptors (Lipinski definition) is 4. The first-order valence-corrected chi connectivity index (χ1v) is 11.9. The molecule has 1 aromatic carbocycles. The highest BCUT2D eigenvalue weighted by Crippen LogP contribution is 2.56. The smallest absolute Gasteiger partial charge is 0.101 e. The van der Waals surface area contributed by atoms with Crippen molar-refractivity contribution in [1.82, 2.24) is 10.3 Å². The van der Waals surface area contributed by atoms with Gasteiger partial charge in [-0.05, 0) is 24.3 Å². The number of quaternary nitrogens is 1. The number of nitrogens with zero attached hydrogens (tertiary/aromatic N) is 1. The maximum atomic E-state index is 3.86. The summed E-state index contributed by atoms with van der Waals surface area (Å²) in [5.41, 5.74) is 5.33. The van der Waals surface area contributed by atoms with E-state index in [4.69, 9.17) is 0 Å². The quantitative estimate of drug-likeness (QED) is 0.815. The lowest BCUT2D eigenvalue weighted by Crippen LogP contribution is -3.22. The fraction of sp³-hybridized carbons (Fsp3) is 0.700. The van der Waals surface area contributed by atoms with Crippen LogP contribution in [0, 0.1) is 17.8 Å². The molecule has 3 nitrogen and oxygen atoms in total. The lowest BCUT2D eigenvalue weighted by Gasteiger charge is -2.53. The first kappa shape index (κ1) is 16.9. The van der Waals surface area contributed by atoms with Crippen LogP contribution in [0.2, 0.25) is 0 Å². The second kappa shape index (κ2) is 7.08. The average molecular weight is 377 g/mol. The Kier molecular flexibility index (Phi) is 4.80. The molecule has 3 heterocycles. The molecule has 136 valence electrons. The number of likely N-dealkylation sites (tertiary alicyclic amines) is 1. The molecule has 4 fully saturated rings. The second-order valence-corrected chi connectivity index (χ2v) is 11.3. The highest BCUT2D eigenvalue weighted by atomic mass is 32.2. The van der Waals surface area contributed by atoms with E-state index < -0.39 is 0 Å². The Hall–Kier alpha value is -0.200. The van der Waals surface area contributed by atoms with Crippen molar-refractivity contribution >= 4 is 23.5 Å². The van der Waals surface area contributed by atoms with Crippen molar-refractivity contribution < 1.29 is 5.01 Å². The van der Waals surface area contributed by atoms with Crippen molar-refractivity contribution in [2.45, 2.75) is 23.5 Å². The number of hydrogen-bond donors (Lipinski definition) is 2. The van der Waals surface area contributed by atoms with Gasteiger partial charge in [0.1, 0.15) is 13.1 Å². The lowest BCUT2D eigenvalue weighted by molar-refractivity contribution is -0.957. The zero-order valence-electron chi connectivity index (χ0n) is 15.0. The molecule has 2 N–H and O–H groups in total. The third kappa shape index (κ3) is 3.51. The van der Waals surface area contributed by atoms with Crippen molar-refractivity contribution in [2.75, 3.05) is 44.2 Å². The van der Waals surface area contributed by atoms with Crippen LogP contribution < -0.4 is 10.4 Å². The molecular weight excluding hydrogens is 346 g/mol.